The number of carbonyl (C=O) groups excluding carboxylic acids is 2. The van der Waals surface area contributed by atoms with E-state index in [1.54, 1.807) is 6.92 Å². The predicted octanol–water partition coefficient (Wildman–Crippen LogP) is -0.311. The zero-order chi connectivity index (χ0) is 14.2. The van der Waals surface area contributed by atoms with Gasteiger partial charge in [-0.05, 0) is 26.2 Å². The van der Waals surface area contributed by atoms with Gasteiger partial charge in [0.25, 0.3) is 0 Å². The van der Waals surface area contributed by atoms with Crippen LogP contribution in [0.4, 0.5) is 0 Å². The van der Waals surface area contributed by atoms with Crippen LogP contribution >= 0.6 is 0 Å². The molecule has 1 N–H and O–H groups in total. The Hall–Kier alpha value is -1.11. The average Bonchev–Trinajstić information content (AvgIpc) is 2.32. The summed E-state index contributed by atoms with van der Waals surface area (Å²) in [5.41, 5.74) is 0. The summed E-state index contributed by atoms with van der Waals surface area (Å²) >= 11 is 0. The van der Waals surface area contributed by atoms with E-state index in [1.807, 2.05) is 6.92 Å². The molecule has 2 fully saturated rings. The highest BCUT2D eigenvalue weighted by molar-refractivity contribution is 7.91. The van der Waals surface area contributed by atoms with Crippen LogP contribution in [0.3, 0.4) is 0 Å². The van der Waals surface area contributed by atoms with Crippen LogP contribution in [0.25, 0.3) is 0 Å². The maximum atomic E-state index is 12.3. The molecule has 3 unspecified atom stereocenters. The minimum Gasteiger partial charge on any atom is -0.343 e. The summed E-state index contributed by atoms with van der Waals surface area (Å²) < 4.78 is 23.5. The molecule has 7 heteroatoms. The van der Waals surface area contributed by atoms with Gasteiger partial charge in [0.2, 0.25) is 11.8 Å². The van der Waals surface area contributed by atoms with Gasteiger partial charge in [0, 0.05) is 6.04 Å². The van der Waals surface area contributed by atoms with Crippen molar-refractivity contribution in [2.45, 2.75) is 51.2 Å². The summed E-state index contributed by atoms with van der Waals surface area (Å²) in [5.74, 6) is -0.189. The summed E-state index contributed by atoms with van der Waals surface area (Å²) in [5, 5.41) is 2.64. The third-order valence-corrected chi connectivity index (χ3v) is 5.64. The molecule has 108 valence electrons. The molecule has 3 atom stereocenters. The first-order chi connectivity index (χ1) is 8.85. The molecule has 0 saturated carbocycles. The number of nitrogens with one attached hydrogen (secondary N) is 1. The first-order valence-electron chi connectivity index (χ1n) is 6.68. The third kappa shape index (κ3) is 2.75. The fourth-order valence-corrected chi connectivity index (χ4v) is 4.60. The Bertz CT molecular complexity index is 488. The van der Waals surface area contributed by atoms with Crippen molar-refractivity contribution in [2.24, 2.45) is 0 Å². The molecule has 2 amide bonds. The zero-order valence-electron chi connectivity index (χ0n) is 11.3. The second-order valence-electron chi connectivity index (χ2n) is 5.31. The Morgan fingerprint density at radius 2 is 2.05 bits per heavy atom. The number of sulfone groups is 1. The summed E-state index contributed by atoms with van der Waals surface area (Å²) in [6, 6.07) is -1.47. The van der Waals surface area contributed by atoms with Crippen molar-refractivity contribution in [2.75, 3.05) is 11.5 Å². The fraction of sp³-hybridized carbons (Fsp3) is 0.833. The highest BCUT2D eigenvalue weighted by atomic mass is 32.2. The lowest BCUT2D eigenvalue weighted by atomic mass is 10.0. The van der Waals surface area contributed by atoms with Crippen molar-refractivity contribution in [3.63, 3.8) is 0 Å². The van der Waals surface area contributed by atoms with Crippen LogP contribution in [-0.4, -0.2) is 54.8 Å². The standard InChI is InChI=1S/C12H20N2O4S/c1-3-10-11(15)13-8(2)12(16)14(10)9-5-4-6-19(17,18)7-9/h8-10H,3-7H2,1-2H3,(H,13,15). The Morgan fingerprint density at radius 1 is 1.37 bits per heavy atom. The van der Waals surface area contributed by atoms with Crippen LogP contribution in [0.2, 0.25) is 0 Å². The molecule has 2 aliphatic heterocycles. The Balaban J connectivity index is 2.27. The molecule has 6 nitrogen and oxygen atoms in total. The molecule has 0 aromatic carbocycles. The molecule has 2 aliphatic rings. The molecule has 0 bridgehead atoms. The number of hydrogen-bond donors (Lipinski definition) is 1. The Morgan fingerprint density at radius 3 is 2.63 bits per heavy atom. The van der Waals surface area contributed by atoms with E-state index in [1.165, 1.54) is 4.90 Å². The molecular weight excluding hydrogens is 268 g/mol. The number of carbonyl (C=O) groups is 2. The normalized spacial score (nSPS) is 35.1. The van der Waals surface area contributed by atoms with Gasteiger partial charge in [0.05, 0.1) is 11.5 Å². The lowest BCUT2D eigenvalue weighted by Crippen LogP contribution is -2.66. The van der Waals surface area contributed by atoms with Crippen LogP contribution in [-0.2, 0) is 19.4 Å². The Kier molecular flexibility index (Phi) is 3.85. The van der Waals surface area contributed by atoms with Crippen LogP contribution < -0.4 is 5.32 Å². The molecule has 2 heterocycles. The minimum absolute atomic E-state index is 0.0186. The maximum absolute atomic E-state index is 12.3. The van der Waals surface area contributed by atoms with Crippen molar-refractivity contribution in [1.82, 2.24) is 10.2 Å². The Labute approximate surface area is 113 Å². The number of amides is 2. The van der Waals surface area contributed by atoms with Crippen molar-refractivity contribution in [1.29, 1.82) is 0 Å². The lowest BCUT2D eigenvalue weighted by Gasteiger charge is -2.43. The quantitative estimate of drug-likeness (QED) is 0.755. The van der Waals surface area contributed by atoms with Gasteiger partial charge in [-0.1, -0.05) is 6.92 Å². The number of hydrogen-bond acceptors (Lipinski definition) is 4. The summed E-state index contributed by atoms with van der Waals surface area (Å²) in [7, 11) is -3.10. The average molecular weight is 288 g/mol. The van der Waals surface area contributed by atoms with E-state index in [0.717, 1.165) is 0 Å². The van der Waals surface area contributed by atoms with Crippen LogP contribution in [0.1, 0.15) is 33.1 Å². The van der Waals surface area contributed by atoms with Gasteiger partial charge < -0.3 is 10.2 Å². The van der Waals surface area contributed by atoms with Gasteiger partial charge in [-0.15, -0.1) is 0 Å². The first-order valence-corrected chi connectivity index (χ1v) is 8.51. The van der Waals surface area contributed by atoms with E-state index >= 15 is 0 Å². The van der Waals surface area contributed by atoms with Crippen LogP contribution in [0.15, 0.2) is 0 Å². The smallest absolute Gasteiger partial charge is 0.245 e. The topological polar surface area (TPSA) is 83.6 Å². The number of piperazine rings is 1. The van der Waals surface area contributed by atoms with Crippen molar-refractivity contribution in [3.8, 4) is 0 Å². The molecule has 2 rings (SSSR count). The molecule has 0 aromatic rings. The van der Waals surface area contributed by atoms with Crippen LogP contribution in [0, 0.1) is 0 Å². The molecule has 0 radical (unpaired) electrons. The van der Waals surface area contributed by atoms with Crippen molar-refractivity contribution >= 4 is 21.7 Å². The first kappa shape index (κ1) is 14.3. The fourth-order valence-electron chi connectivity index (χ4n) is 2.91. The number of nitrogens with zero attached hydrogens (tertiary/aromatic N) is 1. The largest absolute Gasteiger partial charge is 0.343 e. The van der Waals surface area contributed by atoms with Crippen molar-refractivity contribution in [3.05, 3.63) is 0 Å². The van der Waals surface area contributed by atoms with Gasteiger partial charge in [-0.3, -0.25) is 9.59 Å². The molecule has 19 heavy (non-hydrogen) atoms. The monoisotopic (exact) mass is 288 g/mol. The third-order valence-electron chi connectivity index (χ3n) is 3.84. The van der Waals surface area contributed by atoms with E-state index in [4.69, 9.17) is 0 Å². The lowest BCUT2D eigenvalue weighted by molar-refractivity contribution is -0.151. The highest BCUT2D eigenvalue weighted by Gasteiger charge is 2.43. The van der Waals surface area contributed by atoms with E-state index in [2.05, 4.69) is 5.32 Å². The summed E-state index contributed by atoms with van der Waals surface area (Å²) in [6.07, 6.45) is 1.71. The predicted molar refractivity (Wildman–Crippen MR) is 70.2 cm³/mol. The summed E-state index contributed by atoms with van der Waals surface area (Å²) in [4.78, 5) is 25.7. The maximum Gasteiger partial charge on any atom is 0.245 e. The SMILES string of the molecule is CCC1C(=O)NC(C)C(=O)N1C1CCCS(=O)(=O)C1. The van der Waals surface area contributed by atoms with Gasteiger partial charge in [0.1, 0.15) is 12.1 Å². The summed E-state index contributed by atoms with van der Waals surface area (Å²) in [6.45, 7) is 3.47. The zero-order valence-corrected chi connectivity index (χ0v) is 12.1. The minimum atomic E-state index is -3.10. The highest BCUT2D eigenvalue weighted by Crippen LogP contribution is 2.24. The van der Waals surface area contributed by atoms with Gasteiger partial charge in [-0.2, -0.15) is 0 Å². The molecule has 2 saturated heterocycles. The molecule has 0 spiro atoms. The second kappa shape index (κ2) is 5.11. The van der Waals surface area contributed by atoms with Crippen molar-refractivity contribution < 1.29 is 18.0 Å². The second-order valence-corrected chi connectivity index (χ2v) is 7.54. The van der Waals surface area contributed by atoms with Crippen LogP contribution in [0.5, 0.6) is 0 Å². The van der Waals surface area contributed by atoms with Gasteiger partial charge in [0.15, 0.2) is 9.84 Å². The van der Waals surface area contributed by atoms with Gasteiger partial charge >= 0.3 is 0 Å². The molecular formula is C12H20N2O4S. The van der Waals surface area contributed by atoms with Gasteiger partial charge in [-0.25, -0.2) is 8.42 Å². The van der Waals surface area contributed by atoms with E-state index in [0.29, 0.717) is 19.3 Å². The number of rotatable bonds is 2. The van der Waals surface area contributed by atoms with E-state index < -0.39 is 21.9 Å². The molecule has 0 aromatic heterocycles. The van der Waals surface area contributed by atoms with E-state index in [9.17, 15) is 18.0 Å². The van der Waals surface area contributed by atoms with E-state index in [-0.39, 0.29) is 29.4 Å². The molecule has 0 aliphatic carbocycles.